The fourth-order valence-corrected chi connectivity index (χ4v) is 3.87. The SMILES string of the molecule is CCc1nc(C2(NC(C)C)CCOCC2)sc1C. The van der Waals surface area contributed by atoms with Crippen molar-refractivity contribution in [2.24, 2.45) is 0 Å². The average molecular weight is 268 g/mol. The Morgan fingerprint density at radius 1 is 1.39 bits per heavy atom. The largest absolute Gasteiger partial charge is 0.381 e. The first-order valence-corrected chi connectivity index (χ1v) is 7.71. The highest BCUT2D eigenvalue weighted by molar-refractivity contribution is 7.11. The van der Waals surface area contributed by atoms with Gasteiger partial charge >= 0.3 is 0 Å². The van der Waals surface area contributed by atoms with Crippen LogP contribution in [-0.4, -0.2) is 24.2 Å². The van der Waals surface area contributed by atoms with Gasteiger partial charge in [0.15, 0.2) is 0 Å². The molecule has 0 aliphatic carbocycles. The molecule has 0 radical (unpaired) electrons. The number of nitrogens with one attached hydrogen (secondary N) is 1. The van der Waals surface area contributed by atoms with Crippen molar-refractivity contribution < 1.29 is 4.74 Å². The molecule has 1 aromatic rings. The second kappa shape index (κ2) is 5.68. The predicted octanol–water partition coefficient (Wildman–Crippen LogP) is 3.02. The standard InChI is InChI=1S/C14H24N2OS/c1-5-12-11(4)18-13(15-12)14(16-10(2)3)6-8-17-9-7-14/h10,16H,5-9H2,1-4H3. The lowest BCUT2D eigenvalue weighted by Gasteiger charge is -2.38. The van der Waals surface area contributed by atoms with Gasteiger partial charge in [0.2, 0.25) is 0 Å². The maximum absolute atomic E-state index is 5.53. The second-order valence-electron chi connectivity index (χ2n) is 5.37. The van der Waals surface area contributed by atoms with Crippen molar-refractivity contribution in [3.63, 3.8) is 0 Å². The Morgan fingerprint density at radius 2 is 2.06 bits per heavy atom. The van der Waals surface area contributed by atoms with E-state index in [1.54, 1.807) is 0 Å². The molecule has 0 aromatic carbocycles. The highest BCUT2D eigenvalue weighted by atomic mass is 32.1. The minimum atomic E-state index is 0.0370. The monoisotopic (exact) mass is 268 g/mol. The molecular weight excluding hydrogens is 244 g/mol. The molecule has 1 N–H and O–H groups in total. The average Bonchev–Trinajstić information content (AvgIpc) is 2.71. The number of ether oxygens (including phenoxy) is 1. The van der Waals surface area contributed by atoms with Gasteiger partial charge in [0.25, 0.3) is 0 Å². The van der Waals surface area contributed by atoms with E-state index in [-0.39, 0.29) is 5.54 Å². The molecule has 0 spiro atoms. The zero-order valence-electron chi connectivity index (χ0n) is 11.9. The Morgan fingerprint density at radius 3 is 2.56 bits per heavy atom. The molecule has 3 nitrogen and oxygen atoms in total. The van der Waals surface area contributed by atoms with E-state index in [1.165, 1.54) is 15.6 Å². The first-order valence-electron chi connectivity index (χ1n) is 6.89. The molecule has 2 rings (SSSR count). The molecule has 0 amide bonds. The Hall–Kier alpha value is -0.450. The van der Waals surface area contributed by atoms with Crippen LogP contribution < -0.4 is 5.32 Å². The van der Waals surface area contributed by atoms with Crippen LogP contribution in [0.2, 0.25) is 0 Å². The lowest BCUT2D eigenvalue weighted by Crippen LogP contribution is -2.49. The summed E-state index contributed by atoms with van der Waals surface area (Å²) in [6.07, 6.45) is 3.08. The number of nitrogens with zero attached hydrogens (tertiary/aromatic N) is 1. The van der Waals surface area contributed by atoms with Crippen molar-refractivity contribution in [2.45, 2.75) is 58.5 Å². The zero-order chi connectivity index (χ0) is 13.2. The summed E-state index contributed by atoms with van der Waals surface area (Å²) in [6.45, 7) is 10.4. The third-order valence-corrected chi connectivity index (χ3v) is 4.77. The highest BCUT2D eigenvalue weighted by Gasteiger charge is 2.37. The summed E-state index contributed by atoms with van der Waals surface area (Å²) in [5, 5.41) is 5.00. The quantitative estimate of drug-likeness (QED) is 0.911. The van der Waals surface area contributed by atoms with Crippen LogP contribution in [0, 0.1) is 6.92 Å². The molecular formula is C14H24N2OS. The van der Waals surface area contributed by atoms with Crippen molar-refractivity contribution in [1.82, 2.24) is 10.3 Å². The van der Waals surface area contributed by atoms with E-state index in [0.717, 1.165) is 32.5 Å². The van der Waals surface area contributed by atoms with Crippen molar-refractivity contribution in [1.29, 1.82) is 0 Å². The molecule has 1 aliphatic heterocycles. The summed E-state index contributed by atoms with van der Waals surface area (Å²) in [4.78, 5) is 6.24. The summed E-state index contributed by atoms with van der Waals surface area (Å²) in [6, 6.07) is 0.470. The van der Waals surface area contributed by atoms with Crippen molar-refractivity contribution in [3.05, 3.63) is 15.6 Å². The minimum Gasteiger partial charge on any atom is -0.381 e. The third kappa shape index (κ3) is 2.76. The van der Waals surface area contributed by atoms with E-state index in [0.29, 0.717) is 6.04 Å². The Balaban J connectivity index is 2.32. The molecule has 0 bridgehead atoms. The molecule has 18 heavy (non-hydrogen) atoms. The normalized spacial score (nSPS) is 19.4. The summed E-state index contributed by atoms with van der Waals surface area (Å²) >= 11 is 1.86. The maximum Gasteiger partial charge on any atom is 0.113 e. The molecule has 1 saturated heterocycles. The summed E-state index contributed by atoms with van der Waals surface area (Å²) < 4.78 is 5.53. The summed E-state index contributed by atoms with van der Waals surface area (Å²) in [7, 11) is 0. The molecule has 0 unspecified atom stereocenters. The predicted molar refractivity (Wildman–Crippen MR) is 76.2 cm³/mol. The molecule has 1 aromatic heterocycles. The van der Waals surface area contributed by atoms with Crippen LogP contribution in [0.3, 0.4) is 0 Å². The van der Waals surface area contributed by atoms with E-state index < -0.39 is 0 Å². The number of rotatable bonds is 4. The Labute approximate surface area is 114 Å². The maximum atomic E-state index is 5.53. The van der Waals surface area contributed by atoms with Gasteiger partial charge in [0.05, 0.1) is 11.2 Å². The van der Waals surface area contributed by atoms with Gasteiger partial charge in [-0.05, 0) is 40.0 Å². The Bertz CT molecular complexity index is 394. The van der Waals surface area contributed by atoms with Gasteiger partial charge in [-0.1, -0.05) is 6.92 Å². The number of aryl methyl sites for hydroxylation is 2. The van der Waals surface area contributed by atoms with Crippen LogP contribution in [0.1, 0.15) is 49.2 Å². The van der Waals surface area contributed by atoms with Crippen LogP contribution in [0.25, 0.3) is 0 Å². The van der Waals surface area contributed by atoms with E-state index in [9.17, 15) is 0 Å². The van der Waals surface area contributed by atoms with Gasteiger partial charge in [-0.2, -0.15) is 0 Å². The third-order valence-electron chi connectivity index (χ3n) is 3.55. The molecule has 1 aliphatic rings. The summed E-state index contributed by atoms with van der Waals surface area (Å²) in [5.41, 5.74) is 1.29. The van der Waals surface area contributed by atoms with Crippen molar-refractivity contribution >= 4 is 11.3 Å². The smallest absolute Gasteiger partial charge is 0.113 e. The first-order chi connectivity index (χ1) is 8.57. The van der Waals surface area contributed by atoms with Crippen molar-refractivity contribution in [3.8, 4) is 0 Å². The van der Waals surface area contributed by atoms with Gasteiger partial charge in [0.1, 0.15) is 5.01 Å². The first kappa shape index (κ1) is 14.0. The van der Waals surface area contributed by atoms with E-state index in [1.807, 2.05) is 11.3 Å². The van der Waals surface area contributed by atoms with Gasteiger partial charge in [-0.3, -0.25) is 0 Å². The van der Waals surface area contributed by atoms with Crippen LogP contribution in [-0.2, 0) is 16.7 Å². The van der Waals surface area contributed by atoms with E-state index in [2.05, 4.69) is 33.0 Å². The molecule has 102 valence electrons. The molecule has 0 saturated carbocycles. The topological polar surface area (TPSA) is 34.2 Å². The van der Waals surface area contributed by atoms with Crippen LogP contribution in [0.4, 0.5) is 0 Å². The Kier molecular flexibility index (Phi) is 4.41. The number of hydrogen-bond acceptors (Lipinski definition) is 4. The van der Waals surface area contributed by atoms with Crippen LogP contribution >= 0.6 is 11.3 Å². The second-order valence-corrected chi connectivity index (χ2v) is 6.57. The highest BCUT2D eigenvalue weighted by Crippen LogP contribution is 2.36. The fourth-order valence-electron chi connectivity index (χ4n) is 2.65. The zero-order valence-corrected chi connectivity index (χ0v) is 12.7. The van der Waals surface area contributed by atoms with Crippen LogP contribution in [0.5, 0.6) is 0 Å². The van der Waals surface area contributed by atoms with Gasteiger partial charge in [-0.15, -0.1) is 11.3 Å². The van der Waals surface area contributed by atoms with Crippen molar-refractivity contribution in [2.75, 3.05) is 13.2 Å². The fraction of sp³-hybridized carbons (Fsp3) is 0.786. The molecule has 4 heteroatoms. The number of aromatic nitrogens is 1. The molecule has 2 heterocycles. The minimum absolute atomic E-state index is 0.0370. The number of thiazole rings is 1. The lowest BCUT2D eigenvalue weighted by atomic mass is 9.90. The molecule has 1 fully saturated rings. The van der Waals surface area contributed by atoms with E-state index >= 15 is 0 Å². The lowest BCUT2D eigenvalue weighted by molar-refractivity contribution is 0.0330. The van der Waals surface area contributed by atoms with Crippen LogP contribution in [0.15, 0.2) is 0 Å². The van der Waals surface area contributed by atoms with Gasteiger partial charge in [-0.25, -0.2) is 4.98 Å². The van der Waals surface area contributed by atoms with E-state index in [4.69, 9.17) is 9.72 Å². The molecule has 0 atom stereocenters. The van der Waals surface area contributed by atoms with Gasteiger partial charge < -0.3 is 10.1 Å². The number of hydrogen-bond donors (Lipinski definition) is 1. The van der Waals surface area contributed by atoms with Gasteiger partial charge in [0, 0.05) is 24.1 Å². The summed E-state index contributed by atoms with van der Waals surface area (Å²) in [5.74, 6) is 0.